The van der Waals surface area contributed by atoms with Gasteiger partial charge in [0, 0.05) is 5.56 Å². The van der Waals surface area contributed by atoms with Gasteiger partial charge in [0.25, 0.3) is 11.8 Å². The number of para-hydroxylation sites is 2. The number of rotatable bonds is 10. The minimum absolute atomic E-state index is 0.101. The van der Waals surface area contributed by atoms with Crippen LogP contribution in [0.15, 0.2) is 53.4 Å². The van der Waals surface area contributed by atoms with Gasteiger partial charge in [0.1, 0.15) is 0 Å². The summed E-state index contributed by atoms with van der Waals surface area (Å²) in [6.07, 6.45) is 0. The van der Waals surface area contributed by atoms with Crippen LogP contribution in [0.1, 0.15) is 24.2 Å². The highest BCUT2D eigenvalue weighted by molar-refractivity contribution is 7.89. The lowest BCUT2D eigenvalue weighted by Gasteiger charge is -2.12. The second-order valence-electron chi connectivity index (χ2n) is 6.17. The van der Waals surface area contributed by atoms with Crippen LogP contribution in [0.4, 0.5) is 0 Å². The molecule has 31 heavy (non-hydrogen) atoms. The molecule has 0 fully saturated rings. The maximum absolute atomic E-state index is 12.2. The summed E-state index contributed by atoms with van der Waals surface area (Å²) in [4.78, 5) is 34.8. The summed E-state index contributed by atoms with van der Waals surface area (Å²) in [5.41, 5.74) is 4.57. The summed E-state index contributed by atoms with van der Waals surface area (Å²) in [5, 5.41) is 0. The largest absolute Gasteiger partial charge is 0.490 e. The number of amides is 2. The fraction of sp³-hybridized carbons (Fsp3) is 0.250. The van der Waals surface area contributed by atoms with Crippen LogP contribution in [-0.2, 0) is 19.6 Å². The van der Waals surface area contributed by atoms with E-state index in [-0.39, 0.29) is 10.7 Å². The third kappa shape index (κ3) is 7.39. The van der Waals surface area contributed by atoms with Gasteiger partial charge in [-0.15, -0.1) is 0 Å². The minimum Gasteiger partial charge on any atom is -0.490 e. The summed E-state index contributed by atoms with van der Waals surface area (Å²) >= 11 is 0. The first kappa shape index (κ1) is 23.8. The van der Waals surface area contributed by atoms with Crippen molar-refractivity contribution < 1.29 is 32.3 Å². The third-order valence-electron chi connectivity index (χ3n) is 3.84. The maximum atomic E-state index is 12.2. The number of ketones is 1. The first-order chi connectivity index (χ1) is 14.7. The molecule has 0 radical (unpaired) electrons. The van der Waals surface area contributed by atoms with Crippen molar-refractivity contribution in [3.05, 3.63) is 54.1 Å². The molecular formula is C20H23N3O7S. The van der Waals surface area contributed by atoms with Gasteiger partial charge in [0.15, 0.2) is 23.9 Å². The Morgan fingerprint density at radius 3 is 2.03 bits per heavy atom. The van der Waals surface area contributed by atoms with Crippen LogP contribution in [0, 0.1) is 0 Å². The van der Waals surface area contributed by atoms with E-state index in [0.717, 1.165) is 0 Å². The molecule has 0 unspecified atom stereocenters. The molecule has 0 bridgehead atoms. The van der Waals surface area contributed by atoms with E-state index in [4.69, 9.17) is 9.47 Å². The van der Waals surface area contributed by atoms with E-state index in [1.165, 1.54) is 31.2 Å². The Labute approximate surface area is 180 Å². The van der Waals surface area contributed by atoms with Crippen molar-refractivity contribution in [1.82, 2.24) is 15.6 Å². The average molecular weight is 449 g/mol. The van der Waals surface area contributed by atoms with Crippen molar-refractivity contribution in [2.75, 3.05) is 19.8 Å². The number of ether oxygens (including phenoxy) is 2. The molecule has 2 rings (SSSR count). The van der Waals surface area contributed by atoms with Gasteiger partial charge >= 0.3 is 0 Å². The molecule has 0 aliphatic rings. The highest BCUT2D eigenvalue weighted by Crippen LogP contribution is 2.26. The lowest BCUT2D eigenvalue weighted by molar-refractivity contribution is -0.129. The van der Waals surface area contributed by atoms with Crippen LogP contribution >= 0.6 is 0 Å². The van der Waals surface area contributed by atoms with Crippen molar-refractivity contribution in [3.63, 3.8) is 0 Å². The number of benzene rings is 2. The molecule has 2 aromatic rings. The van der Waals surface area contributed by atoms with Gasteiger partial charge in [-0.25, -0.2) is 13.1 Å². The van der Waals surface area contributed by atoms with Gasteiger partial charge in [0.05, 0.1) is 18.0 Å². The van der Waals surface area contributed by atoms with Crippen LogP contribution < -0.4 is 25.0 Å². The predicted octanol–water partition coefficient (Wildman–Crippen LogP) is 0.793. The normalized spacial score (nSPS) is 10.8. The second kappa shape index (κ2) is 11.1. The summed E-state index contributed by atoms with van der Waals surface area (Å²) in [6.45, 7) is 2.61. The Balaban J connectivity index is 1.78. The Morgan fingerprint density at radius 1 is 0.871 bits per heavy atom. The number of carbonyl (C=O) groups is 3. The lowest BCUT2D eigenvalue weighted by Crippen LogP contribution is -2.47. The van der Waals surface area contributed by atoms with Gasteiger partial charge in [-0.05, 0) is 38.1 Å². The fourth-order valence-electron chi connectivity index (χ4n) is 2.32. The molecule has 0 aliphatic carbocycles. The van der Waals surface area contributed by atoms with Crippen LogP contribution in [0.2, 0.25) is 0 Å². The van der Waals surface area contributed by atoms with Gasteiger partial charge < -0.3 is 9.47 Å². The number of hydrogen-bond acceptors (Lipinski definition) is 7. The number of carbonyl (C=O) groups excluding carboxylic acids is 3. The molecule has 2 aromatic carbocycles. The van der Waals surface area contributed by atoms with Crippen LogP contribution in [0.25, 0.3) is 0 Å². The molecule has 0 saturated carbocycles. The molecule has 3 N–H and O–H groups in total. The second-order valence-corrected chi connectivity index (χ2v) is 7.94. The highest BCUT2D eigenvalue weighted by Gasteiger charge is 2.16. The van der Waals surface area contributed by atoms with Crippen LogP contribution in [-0.4, -0.2) is 45.8 Å². The first-order valence-corrected chi connectivity index (χ1v) is 10.7. The molecule has 0 saturated heterocycles. The third-order valence-corrected chi connectivity index (χ3v) is 5.26. The molecule has 166 valence electrons. The quantitative estimate of drug-likeness (QED) is 0.360. The number of sulfonamides is 1. The molecular weight excluding hydrogens is 426 g/mol. The van der Waals surface area contributed by atoms with E-state index >= 15 is 0 Å². The summed E-state index contributed by atoms with van der Waals surface area (Å²) in [5.74, 6) is -0.784. The average Bonchev–Trinajstić information content (AvgIpc) is 2.76. The zero-order valence-electron chi connectivity index (χ0n) is 17.0. The topological polar surface area (TPSA) is 140 Å². The molecule has 0 spiro atoms. The van der Waals surface area contributed by atoms with Crippen molar-refractivity contribution in [2.45, 2.75) is 18.7 Å². The van der Waals surface area contributed by atoms with Gasteiger partial charge in [-0.2, -0.15) is 0 Å². The molecule has 0 heterocycles. The van der Waals surface area contributed by atoms with E-state index in [1.807, 2.05) is 6.92 Å². The van der Waals surface area contributed by atoms with Crippen molar-refractivity contribution >= 4 is 27.6 Å². The Bertz CT molecular complexity index is 1040. The van der Waals surface area contributed by atoms with E-state index in [0.29, 0.717) is 23.7 Å². The molecule has 10 nitrogen and oxygen atoms in total. The number of nitrogens with one attached hydrogen (secondary N) is 3. The van der Waals surface area contributed by atoms with Crippen molar-refractivity contribution in [1.29, 1.82) is 0 Å². The Kier molecular flexibility index (Phi) is 8.53. The molecule has 0 aliphatic heterocycles. The number of Topliss-reactive ketones (excluding diaryl/α,β-unsaturated/α-hetero) is 1. The monoisotopic (exact) mass is 449 g/mol. The zero-order chi connectivity index (χ0) is 22.9. The predicted molar refractivity (Wildman–Crippen MR) is 111 cm³/mol. The molecule has 11 heteroatoms. The smallest absolute Gasteiger partial charge is 0.276 e. The molecule has 0 aromatic heterocycles. The zero-order valence-corrected chi connectivity index (χ0v) is 17.8. The van der Waals surface area contributed by atoms with Crippen LogP contribution in [0.5, 0.6) is 11.5 Å². The molecule has 2 amide bonds. The van der Waals surface area contributed by atoms with E-state index in [9.17, 15) is 22.8 Å². The van der Waals surface area contributed by atoms with Crippen molar-refractivity contribution in [2.24, 2.45) is 0 Å². The first-order valence-electron chi connectivity index (χ1n) is 9.26. The summed E-state index contributed by atoms with van der Waals surface area (Å²) in [6, 6.07) is 12.1. The van der Waals surface area contributed by atoms with E-state index in [1.54, 1.807) is 24.3 Å². The summed E-state index contributed by atoms with van der Waals surface area (Å²) in [7, 11) is -3.97. The Hall–Kier alpha value is -3.44. The SMILES string of the molecule is CCOc1ccccc1OCC(=O)NNC(=O)CNS(=O)(=O)c1ccc(C(C)=O)cc1. The number of hydrazine groups is 1. The highest BCUT2D eigenvalue weighted by atomic mass is 32.2. The fourth-order valence-corrected chi connectivity index (χ4v) is 3.30. The van der Waals surface area contributed by atoms with Gasteiger partial charge in [-0.3, -0.25) is 25.2 Å². The standard InChI is InChI=1S/C20H23N3O7S/c1-3-29-17-6-4-5-7-18(17)30-13-20(26)23-22-19(25)12-21-31(27,28)16-10-8-15(9-11-16)14(2)24/h4-11,21H,3,12-13H2,1-2H3,(H,22,25)(H,23,26). The lowest BCUT2D eigenvalue weighted by atomic mass is 10.2. The summed E-state index contributed by atoms with van der Waals surface area (Å²) < 4.78 is 37.2. The van der Waals surface area contributed by atoms with Gasteiger partial charge in [0.2, 0.25) is 10.0 Å². The number of hydrogen-bond donors (Lipinski definition) is 3. The maximum Gasteiger partial charge on any atom is 0.276 e. The van der Waals surface area contributed by atoms with Crippen molar-refractivity contribution in [3.8, 4) is 11.5 Å². The van der Waals surface area contributed by atoms with Crippen LogP contribution in [0.3, 0.4) is 0 Å². The van der Waals surface area contributed by atoms with E-state index < -0.39 is 35.0 Å². The molecule has 0 atom stereocenters. The van der Waals surface area contributed by atoms with E-state index in [2.05, 4.69) is 15.6 Å². The van der Waals surface area contributed by atoms with Gasteiger partial charge in [-0.1, -0.05) is 24.3 Å². The Morgan fingerprint density at radius 2 is 1.45 bits per heavy atom. The minimum atomic E-state index is -3.97.